The standard InChI is InChI=1S/C18H23BrN2/c1-4-20-14(2)15-9-11-17(12-10-15)21(3)13-16-7-5-6-8-18(16)19/h5-12,14,20H,4,13H2,1-3H3. The molecule has 1 unspecified atom stereocenters. The summed E-state index contributed by atoms with van der Waals surface area (Å²) in [6.45, 7) is 6.22. The smallest absolute Gasteiger partial charge is 0.0437 e. The molecular formula is C18H23BrN2. The van der Waals surface area contributed by atoms with E-state index in [4.69, 9.17) is 0 Å². The topological polar surface area (TPSA) is 15.3 Å². The molecule has 1 N–H and O–H groups in total. The van der Waals surface area contributed by atoms with E-state index in [2.05, 4.69) is 89.5 Å². The third-order valence-corrected chi connectivity index (χ3v) is 4.48. The van der Waals surface area contributed by atoms with Gasteiger partial charge in [-0.1, -0.05) is 53.2 Å². The maximum atomic E-state index is 3.61. The lowest BCUT2D eigenvalue weighted by atomic mass is 10.1. The highest BCUT2D eigenvalue weighted by molar-refractivity contribution is 9.10. The van der Waals surface area contributed by atoms with Gasteiger partial charge in [0.1, 0.15) is 0 Å². The Bertz CT molecular complexity index is 566. The van der Waals surface area contributed by atoms with Gasteiger partial charge in [0.25, 0.3) is 0 Å². The summed E-state index contributed by atoms with van der Waals surface area (Å²) in [5.41, 5.74) is 3.86. The SMILES string of the molecule is CCNC(C)c1ccc(N(C)Cc2ccccc2Br)cc1. The molecule has 0 spiro atoms. The fraction of sp³-hybridized carbons (Fsp3) is 0.333. The molecule has 0 saturated heterocycles. The molecule has 0 aliphatic rings. The summed E-state index contributed by atoms with van der Waals surface area (Å²) in [4.78, 5) is 2.27. The van der Waals surface area contributed by atoms with Crippen molar-refractivity contribution in [2.45, 2.75) is 26.4 Å². The van der Waals surface area contributed by atoms with Crippen LogP contribution in [-0.2, 0) is 6.54 Å². The number of nitrogens with zero attached hydrogens (tertiary/aromatic N) is 1. The van der Waals surface area contributed by atoms with E-state index < -0.39 is 0 Å². The van der Waals surface area contributed by atoms with Gasteiger partial charge in [0.05, 0.1) is 0 Å². The number of anilines is 1. The van der Waals surface area contributed by atoms with Crippen LogP contribution >= 0.6 is 15.9 Å². The summed E-state index contributed by atoms with van der Waals surface area (Å²) in [5.74, 6) is 0. The molecule has 2 aromatic rings. The molecule has 21 heavy (non-hydrogen) atoms. The van der Waals surface area contributed by atoms with E-state index >= 15 is 0 Å². The first-order valence-electron chi connectivity index (χ1n) is 7.39. The van der Waals surface area contributed by atoms with Gasteiger partial charge < -0.3 is 10.2 Å². The van der Waals surface area contributed by atoms with E-state index in [0.29, 0.717) is 6.04 Å². The van der Waals surface area contributed by atoms with Crippen LogP contribution in [0, 0.1) is 0 Å². The summed E-state index contributed by atoms with van der Waals surface area (Å²) in [6.07, 6.45) is 0. The predicted molar refractivity (Wildman–Crippen MR) is 94.8 cm³/mol. The van der Waals surface area contributed by atoms with Crippen molar-refractivity contribution in [1.82, 2.24) is 5.32 Å². The minimum Gasteiger partial charge on any atom is -0.370 e. The Morgan fingerprint density at radius 3 is 2.38 bits per heavy atom. The van der Waals surface area contributed by atoms with Crippen molar-refractivity contribution in [3.8, 4) is 0 Å². The van der Waals surface area contributed by atoms with E-state index in [1.54, 1.807) is 0 Å². The first-order valence-corrected chi connectivity index (χ1v) is 8.19. The average Bonchev–Trinajstić information content (AvgIpc) is 2.50. The van der Waals surface area contributed by atoms with Crippen molar-refractivity contribution < 1.29 is 0 Å². The lowest BCUT2D eigenvalue weighted by Gasteiger charge is -2.21. The Morgan fingerprint density at radius 1 is 1.10 bits per heavy atom. The van der Waals surface area contributed by atoms with Crippen molar-refractivity contribution in [3.05, 3.63) is 64.1 Å². The maximum absolute atomic E-state index is 3.61. The van der Waals surface area contributed by atoms with Crippen molar-refractivity contribution >= 4 is 21.6 Å². The molecular weight excluding hydrogens is 324 g/mol. The summed E-state index contributed by atoms with van der Waals surface area (Å²) >= 11 is 3.61. The van der Waals surface area contributed by atoms with Gasteiger partial charge in [-0.05, 0) is 42.8 Å². The Kier molecular flexibility index (Phi) is 5.83. The highest BCUT2D eigenvalue weighted by Gasteiger charge is 2.07. The van der Waals surface area contributed by atoms with Gasteiger partial charge >= 0.3 is 0 Å². The van der Waals surface area contributed by atoms with E-state index in [0.717, 1.165) is 17.6 Å². The Labute approximate surface area is 136 Å². The Hall–Kier alpha value is -1.32. The fourth-order valence-electron chi connectivity index (χ4n) is 2.41. The second kappa shape index (κ2) is 7.62. The zero-order valence-electron chi connectivity index (χ0n) is 12.9. The molecule has 2 nitrogen and oxygen atoms in total. The minimum atomic E-state index is 0.401. The van der Waals surface area contributed by atoms with Gasteiger partial charge in [-0.25, -0.2) is 0 Å². The lowest BCUT2D eigenvalue weighted by molar-refractivity contribution is 0.598. The van der Waals surface area contributed by atoms with Gasteiger partial charge in [-0.3, -0.25) is 0 Å². The number of hydrogen-bond donors (Lipinski definition) is 1. The van der Waals surface area contributed by atoms with E-state index in [1.165, 1.54) is 16.8 Å². The third kappa shape index (κ3) is 4.32. The molecule has 112 valence electrons. The zero-order chi connectivity index (χ0) is 15.2. The summed E-state index contributed by atoms with van der Waals surface area (Å²) < 4.78 is 1.16. The predicted octanol–water partition coefficient (Wildman–Crippen LogP) is 4.76. The zero-order valence-corrected chi connectivity index (χ0v) is 14.5. The normalized spacial score (nSPS) is 12.2. The minimum absolute atomic E-state index is 0.401. The largest absolute Gasteiger partial charge is 0.370 e. The van der Waals surface area contributed by atoms with Gasteiger partial charge in [0.15, 0.2) is 0 Å². The van der Waals surface area contributed by atoms with Crippen LogP contribution in [0.1, 0.15) is 31.0 Å². The molecule has 2 aromatic carbocycles. The van der Waals surface area contributed by atoms with Gasteiger partial charge in [-0.15, -0.1) is 0 Å². The number of hydrogen-bond acceptors (Lipinski definition) is 2. The molecule has 0 heterocycles. The molecule has 0 fully saturated rings. The molecule has 0 radical (unpaired) electrons. The molecule has 3 heteroatoms. The van der Waals surface area contributed by atoms with Gasteiger partial charge in [-0.2, -0.15) is 0 Å². The van der Waals surface area contributed by atoms with E-state index in [9.17, 15) is 0 Å². The van der Waals surface area contributed by atoms with Crippen molar-refractivity contribution in [2.24, 2.45) is 0 Å². The Balaban J connectivity index is 2.06. The number of nitrogens with one attached hydrogen (secondary N) is 1. The highest BCUT2D eigenvalue weighted by Crippen LogP contribution is 2.22. The second-order valence-electron chi connectivity index (χ2n) is 5.32. The first-order chi connectivity index (χ1) is 10.1. The number of rotatable bonds is 6. The van der Waals surface area contributed by atoms with Gasteiger partial charge in [0, 0.05) is 29.8 Å². The third-order valence-electron chi connectivity index (χ3n) is 3.71. The number of halogens is 1. The first kappa shape index (κ1) is 16.1. The van der Waals surface area contributed by atoms with E-state index in [-0.39, 0.29) is 0 Å². The maximum Gasteiger partial charge on any atom is 0.0437 e. The van der Waals surface area contributed by atoms with Crippen LogP contribution in [0.25, 0.3) is 0 Å². The summed E-state index contributed by atoms with van der Waals surface area (Å²) in [7, 11) is 2.13. The molecule has 1 atom stereocenters. The van der Waals surface area contributed by atoms with Crippen LogP contribution in [-0.4, -0.2) is 13.6 Å². The lowest BCUT2D eigenvalue weighted by Crippen LogP contribution is -2.19. The molecule has 0 aliphatic carbocycles. The van der Waals surface area contributed by atoms with Crippen LogP contribution in [0.2, 0.25) is 0 Å². The van der Waals surface area contributed by atoms with Gasteiger partial charge in [0.2, 0.25) is 0 Å². The molecule has 0 aromatic heterocycles. The van der Waals surface area contributed by atoms with Crippen LogP contribution in [0.3, 0.4) is 0 Å². The van der Waals surface area contributed by atoms with E-state index in [1.807, 2.05) is 6.07 Å². The fourth-order valence-corrected chi connectivity index (χ4v) is 2.83. The van der Waals surface area contributed by atoms with Crippen LogP contribution in [0.15, 0.2) is 53.0 Å². The van der Waals surface area contributed by atoms with Crippen molar-refractivity contribution in [2.75, 3.05) is 18.5 Å². The van der Waals surface area contributed by atoms with Crippen LogP contribution in [0.4, 0.5) is 5.69 Å². The molecule has 0 aliphatic heterocycles. The molecule has 0 amide bonds. The molecule has 0 bridgehead atoms. The summed E-state index contributed by atoms with van der Waals surface area (Å²) in [5, 5.41) is 3.44. The highest BCUT2D eigenvalue weighted by atomic mass is 79.9. The van der Waals surface area contributed by atoms with Crippen molar-refractivity contribution in [1.29, 1.82) is 0 Å². The van der Waals surface area contributed by atoms with Crippen LogP contribution in [0.5, 0.6) is 0 Å². The monoisotopic (exact) mass is 346 g/mol. The average molecular weight is 347 g/mol. The van der Waals surface area contributed by atoms with Crippen LogP contribution < -0.4 is 10.2 Å². The Morgan fingerprint density at radius 2 is 1.76 bits per heavy atom. The van der Waals surface area contributed by atoms with Crippen molar-refractivity contribution in [3.63, 3.8) is 0 Å². The summed E-state index contributed by atoms with van der Waals surface area (Å²) in [6, 6.07) is 17.6. The molecule has 0 saturated carbocycles. The number of benzene rings is 2. The second-order valence-corrected chi connectivity index (χ2v) is 6.17. The quantitative estimate of drug-likeness (QED) is 0.811. The molecule has 2 rings (SSSR count).